The number of aromatic nitrogens is 2. The Morgan fingerprint density at radius 1 is 1.17 bits per heavy atom. The number of nitrogens with zero attached hydrogens (tertiary/aromatic N) is 1. The molecule has 3 rings (SSSR count). The van der Waals surface area contributed by atoms with E-state index in [4.69, 9.17) is 0 Å². The summed E-state index contributed by atoms with van der Waals surface area (Å²) in [6.45, 7) is 2.80. The number of anilines is 1. The van der Waals surface area contributed by atoms with Gasteiger partial charge in [0.05, 0.1) is 5.52 Å². The molecule has 1 aromatic carbocycles. The Bertz CT molecular complexity index is 656. The molecule has 0 aliphatic heterocycles. The SMILES string of the molecule is Cc1cc2[nH]ccc2c(NCc2ccccc2)n1. The second-order valence-electron chi connectivity index (χ2n) is 4.39. The van der Waals surface area contributed by atoms with Crippen molar-refractivity contribution in [2.24, 2.45) is 0 Å². The summed E-state index contributed by atoms with van der Waals surface area (Å²) in [5, 5.41) is 4.54. The van der Waals surface area contributed by atoms with Gasteiger partial charge in [0, 0.05) is 23.8 Å². The molecule has 0 radical (unpaired) electrons. The molecule has 90 valence electrons. The molecule has 2 N–H and O–H groups in total. The molecular formula is C15H15N3. The molecular weight excluding hydrogens is 222 g/mol. The zero-order chi connectivity index (χ0) is 12.4. The average Bonchev–Trinajstić information content (AvgIpc) is 2.85. The smallest absolute Gasteiger partial charge is 0.135 e. The van der Waals surface area contributed by atoms with Crippen molar-refractivity contribution >= 4 is 16.7 Å². The van der Waals surface area contributed by atoms with Crippen LogP contribution in [0.4, 0.5) is 5.82 Å². The summed E-state index contributed by atoms with van der Waals surface area (Å²) in [5.41, 5.74) is 3.39. The topological polar surface area (TPSA) is 40.7 Å². The van der Waals surface area contributed by atoms with Crippen molar-refractivity contribution in [2.75, 3.05) is 5.32 Å². The van der Waals surface area contributed by atoms with E-state index in [1.54, 1.807) is 0 Å². The van der Waals surface area contributed by atoms with Crippen LogP contribution in [0.15, 0.2) is 48.7 Å². The summed E-state index contributed by atoms with van der Waals surface area (Å²) in [4.78, 5) is 7.78. The lowest BCUT2D eigenvalue weighted by atomic mass is 10.2. The van der Waals surface area contributed by atoms with Gasteiger partial charge in [-0.15, -0.1) is 0 Å². The van der Waals surface area contributed by atoms with Crippen molar-refractivity contribution in [1.82, 2.24) is 9.97 Å². The van der Waals surface area contributed by atoms with Crippen LogP contribution in [0.5, 0.6) is 0 Å². The van der Waals surface area contributed by atoms with Crippen LogP contribution >= 0.6 is 0 Å². The van der Waals surface area contributed by atoms with Gasteiger partial charge in [0.1, 0.15) is 5.82 Å². The van der Waals surface area contributed by atoms with Crippen LogP contribution in [0.2, 0.25) is 0 Å². The van der Waals surface area contributed by atoms with E-state index in [2.05, 4.69) is 39.6 Å². The highest BCUT2D eigenvalue weighted by molar-refractivity contribution is 5.89. The van der Waals surface area contributed by atoms with E-state index in [1.807, 2.05) is 31.3 Å². The molecule has 0 bridgehead atoms. The molecule has 0 aliphatic rings. The number of H-pyrrole nitrogens is 1. The van der Waals surface area contributed by atoms with Gasteiger partial charge in [-0.3, -0.25) is 0 Å². The summed E-state index contributed by atoms with van der Waals surface area (Å²) in [6.07, 6.45) is 1.94. The highest BCUT2D eigenvalue weighted by atomic mass is 15.0. The Hall–Kier alpha value is -2.29. The number of fused-ring (bicyclic) bond motifs is 1. The quantitative estimate of drug-likeness (QED) is 0.732. The molecule has 3 heteroatoms. The number of aryl methyl sites for hydroxylation is 1. The standard InChI is InChI=1S/C15H15N3/c1-11-9-14-13(7-8-16-14)15(18-11)17-10-12-5-3-2-4-6-12/h2-9,16H,10H2,1H3,(H,17,18). The fourth-order valence-electron chi connectivity index (χ4n) is 2.10. The lowest BCUT2D eigenvalue weighted by Gasteiger charge is -2.08. The van der Waals surface area contributed by atoms with Gasteiger partial charge in [0.25, 0.3) is 0 Å². The minimum Gasteiger partial charge on any atom is -0.365 e. The third-order valence-electron chi connectivity index (χ3n) is 2.98. The molecule has 2 heterocycles. The predicted molar refractivity (Wildman–Crippen MR) is 74.6 cm³/mol. The third-order valence-corrected chi connectivity index (χ3v) is 2.98. The number of hydrogen-bond donors (Lipinski definition) is 2. The number of nitrogens with one attached hydrogen (secondary N) is 2. The van der Waals surface area contributed by atoms with Crippen LogP contribution in [-0.4, -0.2) is 9.97 Å². The molecule has 3 aromatic rings. The number of aromatic amines is 1. The fraction of sp³-hybridized carbons (Fsp3) is 0.133. The summed E-state index contributed by atoms with van der Waals surface area (Å²) in [6, 6.07) is 14.4. The predicted octanol–water partition coefficient (Wildman–Crippen LogP) is 3.48. The largest absolute Gasteiger partial charge is 0.365 e. The van der Waals surface area contributed by atoms with Gasteiger partial charge in [-0.1, -0.05) is 30.3 Å². The van der Waals surface area contributed by atoms with Crippen molar-refractivity contribution in [2.45, 2.75) is 13.5 Å². The molecule has 0 amide bonds. The summed E-state index contributed by atoms with van der Waals surface area (Å²) in [5.74, 6) is 0.940. The van der Waals surface area contributed by atoms with E-state index in [9.17, 15) is 0 Å². The Balaban J connectivity index is 1.88. The Morgan fingerprint density at radius 3 is 2.83 bits per heavy atom. The van der Waals surface area contributed by atoms with Gasteiger partial charge in [-0.2, -0.15) is 0 Å². The van der Waals surface area contributed by atoms with Crippen LogP contribution in [0.25, 0.3) is 10.9 Å². The highest BCUT2D eigenvalue weighted by Crippen LogP contribution is 2.21. The molecule has 0 saturated heterocycles. The monoisotopic (exact) mass is 237 g/mol. The summed E-state index contributed by atoms with van der Waals surface area (Å²) < 4.78 is 0. The molecule has 3 nitrogen and oxygen atoms in total. The second kappa shape index (κ2) is 4.53. The Kier molecular flexibility index (Phi) is 2.73. The Labute approximate surface area is 106 Å². The first kappa shape index (κ1) is 10.8. The molecule has 0 fully saturated rings. The maximum atomic E-state index is 4.56. The zero-order valence-corrected chi connectivity index (χ0v) is 10.3. The minimum atomic E-state index is 0.789. The minimum absolute atomic E-state index is 0.789. The molecule has 0 unspecified atom stereocenters. The van der Waals surface area contributed by atoms with Crippen molar-refractivity contribution in [3.8, 4) is 0 Å². The maximum absolute atomic E-state index is 4.56. The van der Waals surface area contributed by atoms with E-state index in [1.165, 1.54) is 5.56 Å². The van der Waals surface area contributed by atoms with E-state index < -0.39 is 0 Å². The van der Waals surface area contributed by atoms with E-state index in [0.29, 0.717) is 0 Å². The van der Waals surface area contributed by atoms with E-state index in [-0.39, 0.29) is 0 Å². The second-order valence-corrected chi connectivity index (χ2v) is 4.39. The van der Waals surface area contributed by atoms with Gasteiger partial charge in [0.2, 0.25) is 0 Å². The molecule has 18 heavy (non-hydrogen) atoms. The van der Waals surface area contributed by atoms with Gasteiger partial charge in [0.15, 0.2) is 0 Å². The molecule has 0 aliphatic carbocycles. The van der Waals surface area contributed by atoms with Gasteiger partial charge in [-0.25, -0.2) is 4.98 Å². The van der Waals surface area contributed by atoms with Crippen molar-refractivity contribution in [1.29, 1.82) is 0 Å². The number of pyridine rings is 1. The molecule has 0 saturated carbocycles. The first-order valence-electron chi connectivity index (χ1n) is 6.05. The molecule has 0 atom stereocenters. The van der Waals surface area contributed by atoms with Crippen LogP contribution in [0.1, 0.15) is 11.3 Å². The van der Waals surface area contributed by atoms with Gasteiger partial charge >= 0.3 is 0 Å². The van der Waals surface area contributed by atoms with Crippen molar-refractivity contribution in [3.05, 3.63) is 59.9 Å². The van der Waals surface area contributed by atoms with Crippen molar-refractivity contribution in [3.63, 3.8) is 0 Å². The molecule has 0 spiro atoms. The summed E-state index contributed by atoms with van der Waals surface area (Å²) >= 11 is 0. The lowest BCUT2D eigenvalue weighted by molar-refractivity contribution is 1.10. The fourth-order valence-corrected chi connectivity index (χ4v) is 2.10. The summed E-state index contributed by atoms with van der Waals surface area (Å²) in [7, 11) is 0. The van der Waals surface area contributed by atoms with Crippen molar-refractivity contribution < 1.29 is 0 Å². The van der Waals surface area contributed by atoms with Crippen LogP contribution in [0.3, 0.4) is 0 Å². The van der Waals surface area contributed by atoms with Gasteiger partial charge < -0.3 is 10.3 Å². The van der Waals surface area contributed by atoms with E-state index in [0.717, 1.165) is 29.0 Å². The zero-order valence-electron chi connectivity index (χ0n) is 10.3. The van der Waals surface area contributed by atoms with Crippen LogP contribution < -0.4 is 5.32 Å². The van der Waals surface area contributed by atoms with E-state index >= 15 is 0 Å². The number of hydrogen-bond acceptors (Lipinski definition) is 2. The van der Waals surface area contributed by atoms with Gasteiger partial charge in [-0.05, 0) is 24.6 Å². The van der Waals surface area contributed by atoms with Crippen LogP contribution in [0, 0.1) is 6.92 Å². The molecule has 2 aromatic heterocycles. The lowest BCUT2D eigenvalue weighted by Crippen LogP contribution is -2.02. The number of rotatable bonds is 3. The Morgan fingerprint density at radius 2 is 2.00 bits per heavy atom. The highest BCUT2D eigenvalue weighted by Gasteiger charge is 2.04. The van der Waals surface area contributed by atoms with Crippen LogP contribution in [-0.2, 0) is 6.54 Å². The first-order valence-corrected chi connectivity index (χ1v) is 6.05. The number of benzene rings is 1. The normalized spacial score (nSPS) is 10.7. The third kappa shape index (κ3) is 2.07. The maximum Gasteiger partial charge on any atom is 0.135 e. The average molecular weight is 237 g/mol. The first-order chi connectivity index (χ1) is 8.83.